The molecule has 4 rings (SSSR count). The van der Waals surface area contributed by atoms with Crippen LogP contribution in [0.2, 0.25) is 0 Å². The van der Waals surface area contributed by atoms with Crippen LogP contribution in [0.1, 0.15) is 20.3 Å². The molecule has 0 bridgehead atoms. The highest BCUT2D eigenvalue weighted by Crippen LogP contribution is 2.32. The van der Waals surface area contributed by atoms with E-state index in [0.29, 0.717) is 42.5 Å². The fraction of sp³-hybridized carbons (Fsp3) is 0.350. The SMILES string of the molecule is CC(C)S(=O)(=O)N1CCC(Oc2ccccc2-c2nc(-c3ccncc3)no2)C1. The minimum Gasteiger partial charge on any atom is -0.488 e. The zero-order valence-corrected chi connectivity index (χ0v) is 17.0. The molecule has 0 amide bonds. The Bertz CT molecular complexity index is 1080. The number of benzene rings is 1. The average Bonchev–Trinajstić information content (AvgIpc) is 3.39. The van der Waals surface area contributed by atoms with Crippen molar-refractivity contribution in [3.63, 3.8) is 0 Å². The molecule has 0 aliphatic carbocycles. The van der Waals surface area contributed by atoms with Gasteiger partial charge in [-0.2, -0.15) is 9.29 Å². The summed E-state index contributed by atoms with van der Waals surface area (Å²) in [4.78, 5) is 8.46. The third kappa shape index (κ3) is 4.01. The van der Waals surface area contributed by atoms with Crippen LogP contribution in [0.15, 0.2) is 53.3 Å². The van der Waals surface area contributed by atoms with E-state index >= 15 is 0 Å². The second kappa shape index (κ2) is 7.92. The van der Waals surface area contributed by atoms with Crippen LogP contribution < -0.4 is 4.74 Å². The summed E-state index contributed by atoms with van der Waals surface area (Å²) in [6.45, 7) is 4.17. The van der Waals surface area contributed by atoms with E-state index in [9.17, 15) is 8.42 Å². The van der Waals surface area contributed by atoms with Gasteiger partial charge in [-0.1, -0.05) is 17.3 Å². The Morgan fingerprint density at radius 2 is 1.93 bits per heavy atom. The molecule has 152 valence electrons. The van der Waals surface area contributed by atoms with Crippen molar-refractivity contribution in [1.82, 2.24) is 19.4 Å². The summed E-state index contributed by atoms with van der Waals surface area (Å²) in [7, 11) is -3.28. The minimum absolute atomic E-state index is 0.229. The fourth-order valence-corrected chi connectivity index (χ4v) is 4.53. The Labute approximate surface area is 169 Å². The summed E-state index contributed by atoms with van der Waals surface area (Å²) in [5.41, 5.74) is 1.48. The number of nitrogens with zero attached hydrogens (tertiary/aromatic N) is 4. The van der Waals surface area contributed by atoms with E-state index in [-0.39, 0.29) is 6.10 Å². The van der Waals surface area contributed by atoms with Gasteiger partial charge in [-0.05, 0) is 44.5 Å². The van der Waals surface area contributed by atoms with Gasteiger partial charge in [-0.3, -0.25) is 4.98 Å². The van der Waals surface area contributed by atoms with Crippen molar-refractivity contribution >= 4 is 10.0 Å². The maximum Gasteiger partial charge on any atom is 0.262 e. The third-order valence-electron chi connectivity index (χ3n) is 4.84. The number of aromatic nitrogens is 3. The van der Waals surface area contributed by atoms with Crippen LogP contribution in [0, 0.1) is 0 Å². The van der Waals surface area contributed by atoms with Gasteiger partial charge in [-0.15, -0.1) is 0 Å². The molecule has 1 atom stereocenters. The van der Waals surface area contributed by atoms with E-state index in [1.165, 1.54) is 4.31 Å². The molecule has 3 aromatic rings. The van der Waals surface area contributed by atoms with E-state index in [0.717, 1.165) is 5.56 Å². The molecule has 9 heteroatoms. The quantitative estimate of drug-likeness (QED) is 0.611. The van der Waals surface area contributed by atoms with Gasteiger partial charge in [0.25, 0.3) is 5.89 Å². The summed E-state index contributed by atoms with van der Waals surface area (Å²) in [6.07, 6.45) is 3.73. The predicted molar refractivity (Wildman–Crippen MR) is 108 cm³/mol. The molecule has 1 fully saturated rings. The fourth-order valence-electron chi connectivity index (χ4n) is 3.20. The Hall–Kier alpha value is -2.78. The first-order valence-corrected chi connectivity index (χ1v) is 10.9. The molecule has 0 radical (unpaired) electrons. The number of hydrogen-bond donors (Lipinski definition) is 0. The highest BCUT2D eigenvalue weighted by atomic mass is 32.2. The number of rotatable bonds is 6. The standard InChI is InChI=1S/C20H22N4O4S/c1-14(2)29(25,26)24-12-9-16(13-24)27-18-6-4-3-5-17(18)20-22-19(23-28-20)15-7-10-21-11-8-15/h3-8,10-11,14,16H,9,12-13H2,1-2H3. The molecule has 0 saturated carbocycles. The van der Waals surface area contributed by atoms with E-state index in [4.69, 9.17) is 9.26 Å². The van der Waals surface area contributed by atoms with E-state index in [1.54, 1.807) is 38.4 Å². The average molecular weight is 414 g/mol. The third-order valence-corrected chi connectivity index (χ3v) is 7.08. The van der Waals surface area contributed by atoms with Gasteiger partial charge in [0.15, 0.2) is 0 Å². The smallest absolute Gasteiger partial charge is 0.262 e. The number of sulfonamides is 1. The van der Waals surface area contributed by atoms with Crippen LogP contribution in [0.4, 0.5) is 0 Å². The summed E-state index contributed by atoms with van der Waals surface area (Å²) in [5, 5.41) is 3.60. The van der Waals surface area contributed by atoms with Crippen LogP contribution in [0.25, 0.3) is 22.8 Å². The Morgan fingerprint density at radius 3 is 2.69 bits per heavy atom. The molecule has 2 aromatic heterocycles. The van der Waals surface area contributed by atoms with Crippen LogP contribution in [-0.2, 0) is 10.0 Å². The number of para-hydroxylation sites is 1. The van der Waals surface area contributed by atoms with Crippen LogP contribution in [0.3, 0.4) is 0 Å². The predicted octanol–water partition coefficient (Wildman–Crippen LogP) is 2.99. The number of ether oxygens (including phenoxy) is 1. The first-order valence-electron chi connectivity index (χ1n) is 9.44. The maximum absolute atomic E-state index is 12.4. The van der Waals surface area contributed by atoms with Crippen molar-refractivity contribution < 1.29 is 17.7 Å². The molecular formula is C20H22N4O4S. The highest BCUT2D eigenvalue weighted by molar-refractivity contribution is 7.89. The first-order chi connectivity index (χ1) is 13.9. The van der Waals surface area contributed by atoms with E-state index in [2.05, 4.69) is 15.1 Å². The Morgan fingerprint density at radius 1 is 1.17 bits per heavy atom. The lowest BCUT2D eigenvalue weighted by Crippen LogP contribution is -2.35. The van der Waals surface area contributed by atoms with Gasteiger partial charge in [-0.25, -0.2) is 8.42 Å². The number of pyridine rings is 1. The van der Waals surface area contributed by atoms with Gasteiger partial charge in [0.05, 0.1) is 17.4 Å². The summed E-state index contributed by atoms with van der Waals surface area (Å²) in [6, 6.07) is 11.0. The van der Waals surface area contributed by atoms with Crippen LogP contribution in [-0.4, -0.2) is 52.3 Å². The lowest BCUT2D eigenvalue weighted by molar-refractivity contribution is 0.215. The van der Waals surface area contributed by atoms with Crippen molar-refractivity contribution in [2.75, 3.05) is 13.1 Å². The zero-order chi connectivity index (χ0) is 20.4. The molecule has 0 spiro atoms. The van der Waals surface area contributed by atoms with Crippen molar-refractivity contribution in [3.05, 3.63) is 48.8 Å². The van der Waals surface area contributed by atoms with Crippen molar-refractivity contribution in [3.8, 4) is 28.6 Å². The normalized spacial score (nSPS) is 17.7. The summed E-state index contributed by atoms with van der Waals surface area (Å²) >= 11 is 0. The van der Waals surface area contributed by atoms with Crippen molar-refractivity contribution in [2.45, 2.75) is 31.6 Å². The molecule has 1 unspecified atom stereocenters. The van der Waals surface area contributed by atoms with E-state index < -0.39 is 15.3 Å². The molecule has 1 aliphatic heterocycles. The van der Waals surface area contributed by atoms with Gasteiger partial charge in [0.1, 0.15) is 11.9 Å². The Balaban J connectivity index is 1.54. The molecular weight excluding hydrogens is 392 g/mol. The van der Waals surface area contributed by atoms with Crippen LogP contribution in [0.5, 0.6) is 5.75 Å². The monoisotopic (exact) mass is 414 g/mol. The molecule has 29 heavy (non-hydrogen) atoms. The Kier molecular flexibility index (Phi) is 5.33. The molecule has 1 aromatic carbocycles. The summed E-state index contributed by atoms with van der Waals surface area (Å²) < 4.78 is 37.9. The first kappa shape index (κ1) is 19.5. The molecule has 1 saturated heterocycles. The van der Waals surface area contributed by atoms with Gasteiger partial charge in [0, 0.05) is 24.5 Å². The lowest BCUT2D eigenvalue weighted by atomic mass is 10.2. The molecule has 1 aliphatic rings. The van der Waals surface area contributed by atoms with Crippen molar-refractivity contribution in [2.24, 2.45) is 0 Å². The van der Waals surface area contributed by atoms with Gasteiger partial charge >= 0.3 is 0 Å². The summed E-state index contributed by atoms with van der Waals surface area (Å²) in [5.74, 6) is 1.40. The maximum atomic E-state index is 12.4. The van der Waals surface area contributed by atoms with Gasteiger partial charge in [0.2, 0.25) is 15.8 Å². The minimum atomic E-state index is -3.28. The molecule has 8 nitrogen and oxygen atoms in total. The van der Waals surface area contributed by atoms with Crippen molar-refractivity contribution in [1.29, 1.82) is 0 Å². The highest BCUT2D eigenvalue weighted by Gasteiger charge is 2.34. The van der Waals surface area contributed by atoms with Crippen LogP contribution >= 0.6 is 0 Å². The zero-order valence-electron chi connectivity index (χ0n) is 16.2. The largest absolute Gasteiger partial charge is 0.488 e. The van der Waals surface area contributed by atoms with E-state index in [1.807, 2.05) is 24.3 Å². The van der Waals surface area contributed by atoms with Gasteiger partial charge < -0.3 is 9.26 Å². The second-order valence-corrected chi connectivity index (χ2v) is 9.62. The second-order valence-electron chi connectivity index (χ2n) is 7.14. The lowest BCUT2D eigenvalue weighted by Gasteiger charge is -2.19. The molecule has 3 heterocycles. The number of hydrogen-bond acceptors (Lipinski definition) is 7. The molecule has 0 N–H and O–H groups in total. The topological polar surface area (TPSA) is 98.4 Å².